The predicted molar refractivity (Wildman–Crippen MR) is 144 cm³/mol. The van der Waals surface area contributed by atoms with Crippen LogP contribution in [0.4, 0.5) is 0 Å². The first kappa shape index (κ1) is 24.4. The maximum atomic E-state index is 13.6. The van der Waals surface area contributed by atoms with Gasteiger partial charge in [0.05, 0.1) is 17.8 Å². The van der Waals surface area contributed by atoms with Gasteiger partial charge < -0.3 is 14.9 Å². The lowest BCUT2D eigenvalue weighted by Crippen LogP contribution is -2.38. The van der Waals surface area contributed by atoms with Crippen molar-refractivity contribution in [1.29, 1.82) is 0 Å². The van der Waals surface area contributed by atoms with Gasteiger partial charge in [-0.1, -0.05) is 25.5 Å². The van der Waals surface area contributed by atoms with E-state index in [1.165, 1.54) is 7.05 Å². The summed E-state index contributed by atoms with van der Waals surface area (Å²) >= 11 is 0. The number of benzene rings is 1. The van der Waals surface area contributed by atoms with Crippen molar-refractivity contribution in [2.75, 3.05) is 7.05 Å². The number of nitrogens with one attached hydrogen (secondary N) is 2. The van der Waals surface area contributed by atoms with Gasteiger partial charge in [-0.15, -0.1) is 0 Å². The summed E-state index contributed by atoms with van der Waals surface area (Å²) in [5.41, 5.74) is 4.36. The van der Waals surface area contributed by atoms with Gasteiger partial charge in [-0.25, -0.2) is 4.79 Å². The van der Waals surface area contributed by atoms with Crippen molar-refractivity contribution in [3.63, 3.8) is 0 Å². The number of carbonyl (C=O) groups excluding carboxylic acids is 1. The Morgan fingerprint density at radius 3 is 2.62 bits per heavy atom. The first-order valence-electron chi connectivity index (χ1n) is 12.3. The van der Waals surface area contributed by atoms with E-state index in [-0.39, 0.29) is 11.8 Å². The van der Waals surface area contributed by atoms with Gasteiger partial charge in [0.2, 0.25) is 0 Å². The molecular formula is C27H31N7O3. The number of aryl methyl sites for hydroxylation is 2. The standard InChI is InChI=1S/C27H31N7O3/c1-15(2)12-33-24-22(26(36)32(6)27(33)37)23(21-10-17(13-31(21)5)25(35)28-4)34(30-24)14-18-11-29-20-8-7-16(3)9-19(18)20/h7-11,13,15,29H,12,14H2,1-6H3,(H,28,35). The fourth-order valence-electron chi connectivity index (χ4n) is 4.92. The number of amides is 1. The zero-order chi connectivity index (χ0) is 26.6. The molecule has 0 aliphatic rings. The summed E-state index contributed by atoms with van der Waals surface area (Å²) in [7, 11) is 4.90. The van der Waals surface area contributed by atoms with Crippen LogP contribution in [0.2, 0.25) is 0 Å². The van der Waals surface area contributed by atoms with Gasteiger partial charge in [-0.2, -0.15) is 5.10 Å². The summed E-state index contributed by atoms with van der Waals surface area (Å²) < 4.78 is 6.30. The Morgan fingerprint density at radius 2 is 1.92 bits per heavy atom. The molecule has 0 bridgehead atoms. The van der Waals surface area contributed by atoms with Gasteiger partial charge >= 0.3 is 5.69 Å². The Kier molecular flexibility index (Phi) is 5.89. The van der Waals surface area contributed by atoms with Crippen molar-refractivity contribution in [2.24, 2.45) is 20.0 Å². The number of nitrogens with zero attached hydrogens (tertiary/aromatic N) is 5. The third-order valence-electron chi connectivity index (χ3n) is 6.75. The number of H-pyrrole nitrogens is 1. The van der Waals surface area contributed by atoms with Gasteiger partial charge in [-0.3, -0.25) is 23.4 Å². The van der Waals surface area contributed by atoms with E-state index in [0.29, 0.717) is 41.1 Å². The molecule has 10 nitrogen and oxygen atoms in total. The third-order valence-corrected chi connectivity index (χ3v) is 6.75. The van der Waals surface area contributed by atoms with Gasteiger partial charge in [0, 0.05) is 51.0 Å². The van der Waals surface area contributed by atoms with Gasteiger partial charge in [0.15, 0.2) is 5.65 Å². The predicted octanol–water partition coefficient (Wildman–Crippen LogP) is 2.76. The van der Waals surface area contributed by atoms with Crippen LogP contribution >= 0.6 is 0 Å². The van der Waals surface area contributed by atoms with E-state index in [2.05, 4.69) is 22.4 Å². The lowest BCUT2D eigenvalue weighted by molar-refractivity contribution is 0.0963. The Bertz CT molecular complexity index is 1790. The summed E-state index contributed by atoms with van der Waals surface area (Å²) in [6.45, 7) is 6.86. The Morgan fingerprint density at radius 1 is 1.16 bits per heavy atom. The lowest BCUT2D eigenvalue weighted by Gasteiger charge is -2.11. The third kappa shape index (κ3) is 3.98. The molecule has 0 radical (unpaired) electrons. The molecule has 37 heavy (non-hydrogen) atoms. The highest BCUT2D eigenvalue weighted by molar-refractivity contribution is 5.97. The van der Waals surface area contributed by atoms with Crippen LogP contribution in [-0.2, 0) is 27.2 Å². The van der Waals surface area contributed by atoms with E-state index in [1.807, 2.05) is 44.6 Å². The molecule has 4 aromatic heterocycles. The maximum absolute atomic E-state index is 13.6. The molecular weight excluding hydrogens is 470 g/mol. The van der Waals surface area contributed by atoms with Gasteiger partial charge in [-0.05, 0) is 36.6 Å². The number of fused-ring (bicyclic) bond motifs is 2. The Labute approximate surface area is 213 Å². The van der Waals surface area contributed by atoms with Crippen molar-refractivity contribution < 1.29 is 4.79 Å². The molecule has 0 atom stereocenters. The molecule has 0 aliphatic carbocycles. The molecule has 0 fully saturated rings. The molecule has 1 aromatic carbocycles. The molecule has 1 amide bonds. The highest BCUT2D eigenvalue weighted by Crippen LogP contribution is 2.30. The SMILES string of the molecule is CNC(=O)c1cc(-c2c3c(=O)n(C)c(=O)n(CC(C)C)c3nn2Cc2c[nH]c3ccc(C)cc23)n(C)c1. The monoisotopic (exact) mass is 501 g/mol. The van der Waals surface area contributed by atoms with Crippen molar-refractivity contribution in [3.8, 4) is 11.4 Å². The van der Waals surface area contributed by atoms with Crippen LogP contribution in [0.3, 0.4) is 0 Å². The summed E-state index contributed by atoms with van der Waals surface area (Å²) in [6, 6.07) is 7.96. The minimum Gasteiger partial charge on any atom is -0.361 e. The normalized spacial score (nSPS) is 11.8. The minimum absolute atomic E-state index is 0.165. The van der Waals surface area contributed by atoms with E-state index in [9.17, 15) is 14.4 Å². The maximum Gasteiger partial charge on any atom is 0.332 e. The summed E-state index contributed by atoms with van der Waals surface area (Å²) in [5.74, 6) is -0.0626. The fraction of sp³-hybridized carbons (Fsp3) is 0.333. The topological polar surface area (TPSA) is 112 Å². The highest BCUT2D eigenvalue weighted by Gasteiger charge is 2.25. The Balaban J connectivity index is 1.84. The second-order valence-electron chi connectivity index (χ2n) is 10.0. The van der Waals surface area contributed by atoms with Crippen molar-refractivity contribution >= 4 is 27.8 Å². The molecule has 2 N–H and O–H groups in total. The van der Waals surface area contributed by atoms with Gasteiger partial charge in [0.25, 0.3) is 11.5 Å². The van der Waals surface area contributed by atoms with E-state index in [1.54, 1.807) is 28.6 Å². The van der Waals surface area contributed by atoms with Gasteiger partial charge in [0.1, 0.15) is 11.1 Å². The zero-order valence-corrected chi connectivity index (χ0v) is 21.9. The summed E-state index contributed by atoms with van der Waals surface area (Å²) in [5, 5.41) is 8.93. The van der Waals surface area contributed by atoms with E-state index < -0.39 is 11.2 Å². The molecule has 0 saturated carbocycles. The first-order valence-corrected chi connectivity index (χ1v) is 12.3. The van der Waals surface area contributed by atoms with Crippen molar-refractivity contribution in [1.82, 2.24) is 33.8 Å². The number of carbonyl (C=O) groups is 1. The average molecular weight is 502 g/mol. The molecule has 4 heterocycles. The highest BCUT2D eigenvalue weighted by atomic mass is 16.2. The molecule has 0 saturated heterocycles. The minimum atomic E-state index is -0.418. The lowest BCUT2D eigenvalue weighted by atomic mass is 10.1. The largest absolute Gasteiger partial charge is 0.361 e. The second-order valence-corrected chi connectivity index (χ2v) is 10.0. The molecule has 192 valence electrons. The smallest absolute Gasteiger partial charge is 0.332 e. The van der Waals surface area contributed by atoms with Crippen LogP contribution in [0.25, 0.3) is 33.3 Å². The van der Waals surface area contributed by atoms with E-state index >= 15 is 0 Å². The number of rotatable bonds is 6. The van der Waals surface area contributed by atoms with E-state index in [4.69, 9.17) is 5.10 Å². The quantitative estimate of drug-likeness (QED) is 0.373. The zero-order valence-electron chi connectivity index (χ0n) is 21.9. The van der Waals surface area contributed by atoms with E-state index in [0.717, 1.165) is 26.6 Å². The first-order chi connectivity index (χ1) is 17.6. The van der Waals surface area contributed by atoms with Crippen LogP contribution in [0.1, 0.15) is 35.3 Å². The van der Waals surface area contributed by atoms with Crippen LogP contribution in [0.5, 0.6) is 0 Å². The van der Waals surface area contributed by atoms with Crippen molar-refractivity contribution in [3.05, 3.63) is 74.2 Å². The summed E-state index contributed by atoms with van der Waals surface area (Å²) in [6.07, 6.45) is 3.67. The van der Waals surface area contributed by atoms with Crippen LogP contribution in [0.15, 0.2) is 46.2 Å². The number of aromatic amines is 1. The fourth-order valence-corrected chi connectivity index (χ4v) is 4.92. The van der Waals surface area contributed by atoms with Crippen LogP contribution in [0, 0.1) is 12.8 Å². The molecule has 0 unspecified atom stereocenters. The van der Waals surface area contributed by atoms with Crippen LogP contribution < -0.4 is 16.6 Å². The molecule has 10 heteroatoms. The molecule has 0 aliphatic heterocycles. The molecule has 0 spiro atoms. The number of hydrogen-bond donors (Lipinski definition) is 2. The number of hydrogen-bond acceptors (Lipinski definition) is 4. The average Bonchev–Trinajstić information content (AvgIpc) is 3.55. The second kappa shape index (κ2) is 8.95. The van der Waals surface area contributed by atoms with Crippen molar-refractivity contribution in [2.45, 2.75) is 33.9 Å². The molecule has 5 rings (SSSR count). The van der Waals surface area contributed by atoms with Crippen LogP contribution in [-0.4, -0.2) is 41.4 Å². The number of aromatic nitrogens is 6. The summed E-state index contributed by atoms with van der Waals surface area (Å²) in [4.78, 5) is 42.4. The molecule has 5 aromatic rings. The Hall–Kier alpha value is -4.34.